The lowest BCUT2D eigenvalue weighted by Crippen LogP contribution is -2.46. The van der Waals surface area contributed by atoms with Crippen LogP contribution in [0.25, 0.3) is 0 Å². The zero-order valence-corrected chi connectivity index (χ0v) is 10.6. The Morgan fingerprint density at radius 2 is 2.06 bits per heavy atom. The average molecular weight is 247 g/mol. The Bertz CT molecular complexity index is 275. The average Bonchev–Trinajstić information content (AvgIpc) is 2.20. The summed E-state index contributed by atoms with van der Waals surface area (Å²) in [6.07, 6.45) is -2.81. The number of carbonyl (C=O) groups excluding carboxylic acids is 1. The summed E-state index contributed by atoms with van der Waals surface area (Å²) in [5.74, 6) is -0.284. The number of hydrogen-bond donors (Lipinski definition) is 4. The maximum atomic E-state index is 10.6. The molecule has 0 aliphatic heterocycles. The maximum Gasteiger partial charge on any atom is 0.404 e. The topological polar surface area (TPSA) is 118 Å². The van der Waals surface area contributed by atoms with E-state index >= 15 is 0 Å². The van der Waals surface area contributed by atoms with Crippen LogP contribution in [0.2, 0.25) is 0 Å². The maximum absolute atomic E-state index is 10.6. The largest absolute Gasteiger partial charge is 0.443 e. The molecule has 5 N–H and O–H groups in total. The number of nitrogens with one attached hydrogen (secondary N) is 2. The molecule has 0 bridgehead atoms. The van der Waals surface area contributed by atoms with Crippen molar-refractivity contribution in [1.82, 2.24) is 5.48 Å². The second-order valence-electron chi connectivity index (χ2n) is 4.56. The van der Waals surface area contributed by atoms with Gasteiger partial charge in [-0.2, -0.15) is 0 Å². The van der Waals surface area contributed by atoms with E-state index in [2.05, 4.69) is 10.2 Å². The summed E-state index contributed by atoms with van der Waals surface area (Å²) in [5.41, 5.74) is 6.67. The van der Waals surface area contributed by atoms with Gasteiger partial charge < -0.3 is 15.6 Å². The molecular formula is C10H21N3O4. The highest BCUT2D eigenvalue weighted by Crippen LogP contribution is 2.07. The van der Waals surface area contributed by atoms with E-state index in [0.29, 0.717) is 6.42 Å². The molecule has 17 heavy (non-hydrogen) atoms. The number of hydroxylamine groups is 1. The third kappa shape index (κ3) is 6.75. The molecule has 100 valence electrons. The van der Waals surface area contributed by atoms with Gasteiger partial charge in [0, 0.05) is 0 Å². The van der Waals surface area contributed by atoms with Crippen molar-refractivity contribution in [2.24, 2.45) is 5.73 Å². The molecule has 7 heteroatoms. The molecule has 0 fully saturated rings. The zero-order chi connectivity index (χ0) is 13.6. The molecule has 1 amide bonds. The summed E-state index contributed by atoms with van der Waals surface area (Å²) < 4.78 is 4.67. The molecule has 0 aromatic carbocycles. The number of primary amides is 1. The molecule has 2 unspecified atom stereocenters. The van der Waals surface area contributed by atoms with Crippen molar-refractivity contribution in [1.29, 1.82) is 5.41 Å². The lowest BCUT2D eigenvalue weighted by Gasteiger charge is -2.25. The second-order valence-corrected chi connectivity index (χ2v) is 4.56. The molecule has 0 saturated heterocycles. The first-order valence-electron chi connectivity index (χ1n) is 5.34. The summed E-state index contributed by atoms with van der Waals surface area (Å²) >= 11 is 0. The molecule has 0 saturated carbocycles. The highest BCUT2D eigenvalue weighted by atomic mass is 16.7. The van der Waals surface area contributed by atoms with Gasteiger partial charge in [-0.25, -0.2) is 4.79 Å². The number of carbonyl (C=O) groups is 1. The SMILES string of the molecule is CCC(OC(N)=O)C(O)C(=N)NOC(C)(C)C. The predicted molar refractivity (Wildman–Crippen MR) is 62.5 cm³/mol. The lowest BCUT2D eigenvalue weighted by molar-refractivity contribution is -0.0513. The molecule has 7 nitrogen and oxygen atoms in total. The highest BCUT2D eigenvalue weighted by Gasteiger charge is 2.26. The number of rotatable bonds is 5. The smallest absolute Gasteiger partial charge is 0.404 e. The quantitative estimate of drug-likeness (QED) is 0.321. The van der Waals surface area contributed by atoms with Gasteiger partial charge in [-0.15, -0.1) is 0 Å². The summed E-state index contributed by atoms with van der Waals surface area (Å²) in [6, 6.07) is 0. The molecule has 0 aliphatic carbocycles. The van der Waals surface area contributed by atoms with E-state index in [0.717, 1.165) is 0 Å². The number of amides is 1. The molecule has 0 aromatic rings. The zero-order valence-electron chi connectivity index (χ0n) is 10.6. The van der Waals surface area contributed by atoms with Gasteiger partial charge in [-0.3, -0.25) is 15.7 Å². The van der Waals surface area contributed by atoms with Crippen molar-refractivity contribution in [3.8, 4) is 0 Å². The van der Waals surface area contributed by atoms with Crippen molar-refractivity contribution in [3.63, 3.8) is 0 Å². The second kappa shape index (κ2) is 6.41. The summed E-state index contributed by atoms with van der Waals surface area (Å²) in [6.45, 7) is 7.07. The minimum absolute atomic E-state index is 0.284. The van der Waals surface area contributed by atoms with Crippen molar-refractivity contribution < 1.29 is 19.5 Å². The Morgan fingerprint density at radius 1 is 1.53 bits per heavy atom. The Labute approximate surface area is 101 Å². The fraction of sp³-hybridized carbons (Fsp3) is 0.800. The van der Waals surface area contributed by atoms with Crippen LogP contribution in [0.3, 0.4) is 0 Å². The molecule has 0 spiro atoms. The fourth-order valence-electron chi connectivity index (χ4n) is 0.975. The first kappa shape index (κ1) is 15.7. The standard InChI is InChI=1S/C10H21N3O4/c1-5-6(16-9(12)15)7(14)8(11)13-17-10(2,3)4/h6-7,14H,5H2,1-4H3,(H2,11,13)(H2,12,15). The van der Waals surface area contributed by atoms with Gasteiger partial charge in [-0.1, -0.05) is 6.92 Å². The van der Waals surface area contributed by atoms with Crippen LogP contribution in [0.1, 0.15) is 34.1 Å². The van der Waals surface area contributed by atoms with Crippen LogP contribution in [0.5, 0.6) is 0 Å². The van der Waals surface area contributed by atoms with Crippen LogP contribution in [0, 0.1) is 5.41 Å². The van der Waals surface area contributed by atoms with Crippen molar-refractivity contribution >= 4 is 11.9 Å². The predicted octanol–water partition coefficient (Wildman–Crippen LogP) is 0.518. The first-order valence-corrected chi connectivity index (χ1v) is 5.34. The Kier molecular flexibility index (Phi) is 5.90. The van der Waals surface area contributed by atoms with Gasteiger partial charge in [-0.05, 0) is 27.2 Å². The van der Waals surface area contributed by atoms with Gasteiger partial charge in [0.15, 0.2) is 5.84 Å². The van der Waals surface area contributed by atoms with Crippen LogP contribution in [0.4, 0.5) is 4.79 Å². The number of aliphatic hydroxyl groups is 1. The van der Waals surface area contributed by atoms with Crippen molar-refractivity contribution in [2.45, 2.75) is 51.9 Å². The van der Waals surface area contributed by atoms with Crippen LogP contribution < -0.4 is 11.2 Å². The highest BCUT2D eigenvalue weighted by molar-refractivity contribution is 5.83. The molecule has 0 radical (unpaired) electrons. The van der Waals surface area contributed by atoms with E-state index < -0.39 is 23.9 Å². The van der Waals surface area contributed by atoms with Crippen molar-refractivity contribution in [3.05, 3.63) is 0 Å². The number of amidine groups is 1. The molecule has 2 atom stereocenters. The van der Waals surface area contributed by atoms with Gasteiger partial charge >= 0.3 is 6.09 Å². The van der Waals surface area contributed by atoms with Crippen LogP contribution in [0.15, 0.2) is 0 Å². The van der Waals surface area contributed by atoms with E-state index in [1.807, 2.05) is 0 Å². The van der Waals surface area contributed by atoms with Crippen LogP contribution >= 0.6 is 0 Å². The van der Waals surface area contributed by atoms with E-state index in [1.54, 1.807) is 27.7 Å². The van der Waals surface area contributed by atoms with E-state index in [1.165, 1.54) is 0 Å². The third-order valence-electron chi connectivity index (χ3n) is 1.78. The summed E-state index contributed by atoms with van der Waals surface area (Å²) in [4.78, 5) is 15.7. The van der Waals surface area contributed by atoms with Crippen LogP contribution in [-0.4, -0.2) is 34.8 Å². The molecular weight excluding hydrogens is 226 g/mol. The van der Waals surface area contributed by atoms with Crippen LogP contribution in [-0.2, 0) is 9.57 Å². The van der Waals surface area contributed by atoms with Crippen molar-refractivity contribution in [2.75, 3.05) is 0 Å². The molecule has 0 rings (SSSR count). The van der Waals surface area contributed by atoms with Gasteiger partial charge in [0.25, 0.3) is 0 Å². The van der Waals surface area contributed by atoms with Gasteiger partial charge in [0.1, 0.15) is 12.2 Å². The molecule has 0 heterocycles. The molecule has 0 aromatic heterocycles. The Balaban J connectivity index is 4.31. The lowest BCUT2D eigenvalue weighted by atomic mass is 10.1. The van der Waals surface area contributed by atoms with E-state index in [4.69, 9.17) is 16.0 Å². The fourth-order valence-corrected chi connectivity index (χ4v) is 0.975. The Hall–Kier alpha value is -1.34. The van der Waals surface area contributed by atoms with Gasteiger partial charge in [0.05, 0.1) is 5.60 Å². The van der Waals surface area contributed by atoms with E-state index in [9.17, 15) is 9.90 Å². The number of ether oxygens (including phenoxy) is 1. The number of nitrogens with two attached hydrogens (primary N) is 1. The van der Waals surface area contributed by atoms with E-state index in [-0.39, 0.29) is 5.84 Å². The Morgan fingerprint density at radius 3 is 2.41 bits per heavy atom. The van der Waals surface area contributed by atoms with Gasteiger partial charge in [0.2, 0.25) is 0 Å². The molecule has 0 aliphatic rings. The first-order chi connectivity index (χ1) is 7.67. The summed E-state index contributed by atoms with van der Waals surface area (Å²) in [5, 5.41) is 17.3. The minimum Gasteiger partial charge on any atom is -0.443 e. The normalized spacial score (nSPS) is 14.9. The summed E-state index contributed by atoms with van der Waals surface area (Å²) in [7, 11) is 0. The number of hydrogen-bond acceptors (Lipinski definition) is 5. The third-order valence-corrected chi connectivity index (χ3v) is 1.78. The monoisotopic (exact) mass is 247 g/mol. The minimum atomic E-state index is -1.30. The number of aliphatic hydroxyl groups excluding tert-OH is 1.